The number of nitrogens with one attached hydrogen (secondary N) is 1. The summed E-state index contributed by atoms with van der Waals surface area (Å²) in [5.41, 5.74) is 12.0. The molecule has 2 heteroatoms. The van der Waals surface area contributed by atoms with Crippen molar-refractivity contribution < 1.29 is 0 Å². The van der Waals surface area contributed by atoms with Crippen LogP contribution in [-0.4, -0.2) is 0 Å². The zero-order chi connectivity index (χ0) is 23.5. The van der Waals surface area contributed by atoms with Gasteiger partial charge in [0.05, 0.1) is 11.4 Å². The van der Waals surface area contributed by atoms with Gasteiger partial charge >= 0.3 is 0 Å². The first-order valence-corrected chi connectivity index (χ1v) is 12.5. The molecule has 0 aromatic heterocycles. The number of hydrogen-bond donors (Lipinski definition) is 1. The summed E-state index contributed by atoms with van der Waals surface area (Å²) in [4.78, 5) is 2.49. The number of aryl methyl sites for hydroxylation is 2. The van der Waals surface area contributed by atoms with Crippen molar-refractivity contribution in [2.45, 2.75) is 67.0 Å². The Kier molecular flexibility index (Phi) is 6.93. The molecule has 0 saturated heterocycles. The van der Waals surface area contributed by atoms with Crippen LogP contribution >= 0.6 is 0 Å². The lowest BCUT2D eigenvalue weighted by Crippen LogP contribution is -2.32. The summed E-state index contributed by atoms with van der Waals surface area (Å²) in [7, 11) is 0. The Hall–Kier alpha value is -3.00. The summed E-state index contributed by atoms with van der Waals surface area (Å²) in [6.45, 7) is 13.4. The molecule has 2 heterocycles. The average molecular weight is 439 g/mol. The van der Waals surface area contributed by atoms with Crippen LogP contribution in [0.25, 0.3) is 16.8 Å². The van der Waals surface area contributed by atoms with E-state index < -0.39 is 0 Å². The van der Waals surface area contributed by atoms with Crippen molar-refractivity contribution >= 4 is 11.4 Å². The summed E-state index contributed by atoms with van der Waals surface area (Å²) in [6.07, 6.45) is 6.09. The van der Waals surface area contributed by atoms with Crippen LogP contribution in [0.4, 0.5) is 5.69 Å². The predicted molar refractivity (Wildman–Crippen MR) is 143 cm³/mol. The third kappa shape index (κ3) is 4.44. The van der Waals surface area contributed by atoms with Gasteiger partial charge in [0.25, 0.3) is 0 Å². The summed E-state index contributed by atoms with van der Waals surface area (Å²) in [5, 5.41) is 3.67. The van der Waals surface area contributed by atoms with Crippen LogP contribution in [-0.2, 0) is 6.42 Å². The first-order chi connectivity index (χ1) is 16.0. The van der Waals surface area contributed by atoms with Crippen molar-refractivity contribution in [2.75, 3.05) is 4.90 Å². The molecular weight excluding hydrogens is 400 g/mol. The minimum atomic E-state index is 0.142. The van der Waals surface area contributed by atoms with E-state index >= 15 is 0 Å². The molecule has 2 aliphatic rings. The number of fused-ring (bicyclic) bond motifs is 6. The molecule has 1 N–H and O–H groups in total. The molecule has 0 fully saturated rings. The quantitative estimate of drug-likeness (QED) is 0.440. The van der Waals surface area contributed by atoms with Gasteiger partial charge in [0.1, 0.15) is 6.17 Å². The molecule has 1 unspecified atom stereocenters. The van der Waals surface area contributed by atoms with Gasteiger partial charge in [0.2, 0.25) is 0 Å². The Bertz CT molecular complexity index is 1130. The van der Waals surface area contributed by atoms with Gasteiger partial charge in [-0.25, -0.2) is 0 Å². The maximum atomic E-state index is 3.67. The lowest BCUT2D eigenvalue weighted by molar-refractivity contribution is 0.645. The SMILES string of the molecule is CCCC.Cc1cccc(C)c1C1=CNC2c3ccccc3-c3cc(CC(C)C)ccc3N12. The molecule has 0 bridgehead atoms. The standard InChI is InChI=1S/C27H28N2.C4H10/c1-17(2)14-20-12-13-24-23(15-20)21-10-5-6-11-22(21)27-28-16-25(29(24)27)26-18(3)8-7-9-19(26)4;1-3-4-2/h5-13,15-17,27-28H,14H2,1-4H3;3-4H2,1-2H3. The van der Waals surface area contributed by atoms with Crippen molar-refractivity contribution in [3.8, 4) is 11.1 Å². The maximum absolute atomic E-state index is 3.67. The number of unbranched alkanes of at least 4 members (excludes halogenated alkanes) is 1. The molecule has 0 spiro atoms. The van der Waals surface area contributed by atoms with Gasteiger partial charge in [0.15, 0.2) is 0 Å². The molecule has 172 valence electrons. The highest BCUT2D eigenvalue weighted by atomic mass is 15.3. The molecule has 5 rings (SSSR count). The largest absolute Gasteiger partial charge is 0.365 e. The van der Waals surface area contributed by atoms with Crippen LogP contribution in [0.3, 0.4) is 0 Å². The van der Waals surface area contributed by atoms with E-state index in [2.05, 4.69) is 119 Å². The molecule has 33 heavy (non-hydrogen) atoms. The third-order valence-corrected chi connectivity index (χ3v) is 6.64. The fourth-order valence-corrected chi connectivity index (χ4v) is 4.94. The second-order valence-electron chi connectivity index (χ2n) is 9.77. The van der Waals surface area contributed by atoms with Crippen LogP contribution in [0.15, 0.2) is 66.9 Å². The second-order valence-corrected chi connectivity index (χ2v) is 9.77. The molecule has 1 atom stereocenters. The Balaban J connectivity index is 0.000000601. The smallest absolute Gasteiger partial charge is 0.130 e. The van der Waals surface area contributed by atoms with Crippen LogP contribution < -0.4 is 10.2 Å². The highest BCUT2D eigenvalue weighted by Gasteiger charge is 2.37. The first kappa shape index (κ1) is 23.2. The van der Waals surface area contributed by atoms with E-state index in [4.69, 9.17) is 0 Å². The van der Waals surface area contributed by atoms with E-state index in [1.165, 1.54) is 63.2 Å². The lowest BCUT2D eigenvalue weighted by atomic mass is 9.88. The number of rotatable bonds is 4. The minimum absolute atomic E-state index is 0.142. The monoisotopic (exact) mass is 438 g/mol. The fraction of sp³-hybridized carbons (Fsp3) is 0.355. The van der Waals surface area contributed by atoms with Crippen LogP contribution in [0.2, 0.25) is 0 Å². The van der Waals surface area contributed by atoms with Gasteiger partial charge in [-0.15, -0.1) is 0 Å². The lowest BCUT2D eigenvalue weighted by Gasteiger charge is -2.37. The second kappa shape index (κ2) is 9.87. The van der Waals surface area contributed by atoms with Crippen LogP contribution in [0.1, 0.15) is 74.5 Å². The molecule has 0 amide bonds. The van der Waals surface area contributed by atoms with Crippen molar-refractivity contribution in [2.24, 2.45) is 5.92 Å². The average Bonchev–Trinajstić information content (AvgIpc) is 3.24. The van der Waals surface area contributed by atoms with Gasteiger partial charge in [-0.05, 0) is 60.6 Å². The van der Waals surface area contributed by atoms with Crippen molar-refractivity contribution in [3.63, 3.8) is 0 Å². The first-order valence-electron chi connectivity index (χ1n) is 12.5. The van der Waals surface area contributed by atoms with Crippen molar-refractivity contribution in [1.29, 1.82) is 0 Å². The molecule has 0 saturated carbocycles. The number of hydrogen-bond acceptors (Lipinski definition) is 2. The maximum Gasteiger partial charge on any atom is 0.130 e. The van der Waals surface area contributed by atoms with Gasteiger partial charge in [0, 0.05) is 22.9 Å². The van der Waals surface area contributed by atoms with E-state index in [0.717, 1.165) is 6.42 Å². The van der Waals surface area contributed by atoms with Gasteiger partial charge in [-0.2, -0.15) is 0 Å². The molecule has 3 aromatic carbocycles. The molecule has 2 nitrogen and oxygen atoms in total. The van der Waals surface area contributed by atoms with Gasteiger partial charge < -0.3 is 10.2 Å². The van der Waals surface area contributed by atoms with Gasteiger partial charge in [-0.1, -0.05) is 89.1 Å². The molecule has 0 radical (unpaired) electrons. The Morgan fingerprint density at radius 1 is 0.848 bits per heavy atom. The Labute approximate surface area is 200 Å². The molecule has 0 aliphatic carbocycles. The summed E-state index contributed by atoms with van der Waals surface area (Å²) < 4.78 is 0. The topological polar surface area (TPSA) is 15.3 Å². The Morgan fingerprint density at radius 2 is 1.55 bits per heavy atom. The van der Waals surface area contributed by atoms with Crippen molar-refractivity contribution in [1.82, 2.24) is 5.32 Å². The van der Waals surface area contributed by atoms with E-state index in [1.807, 2.05) is 0 Å². The third-order valence-electron chi connectivity index (χ3n) is 6.64. The van der Waals surface area contributed by atoms with E-state index in [1.54, 1.807) is 0 Å². The summed E-state index contributed by atoms with van der Waals surface area (Å²) in [6, 6.07) is 22.4. The molecular formula is C31H38N2. The zero-order valence-electron chi connectivity index (χ0n) is 21.1. The predicted octanol–water partition coefficient (Wildman–Crippen LogP) is 8.40. The highest BCUT2D eigenvalue weighted by molar-refractivity contribution is 5.95. The fourth-order valence-electron chi connectivity index (χ4n) is 4.94. The van der Waals surface area contributed by atoms with E-state index in [0.29, 0.717) is 5.92 Å². The van der Waals surface area contributed by atoms with E-state index in [9.17, 15) is 0 Å². The number of nitrogens with zero attached hydrogens (tertiary/aromatic N) is 1. The summed E-state index contributed by atoms with van der Waals surface area (Å²) in [5.74, 6) is 0.651. The van der Waals surface area contributed by atoms with Crippen LogP contribution in [0.5, 0.6) is 0 Å². The van der Waals surface area contributed by atoms with Crippen molar-refractivity contribution in [3.05, 3.63) is 94.7 Å². The summed E-state index contributed by atoms with van der Waals surface area (Å²) >= 11 is 0. The normalized spacial score (nSPS) is 15.7. The highest BCUT2D eigenvalue weighted by Crippen LogP contribution is 2.50. The van der Waals surface area contributed by atoms with E-state index in [-0.39, 0.29) is 6.17 Å². The van der Waals surface area contributed by atoms with Crippen LogP contribution in [0, 0.1) is 19.8 Å². The molecule has 2 aliphatic heterocycles. The number of benzene rings is 3. The molecule has 3 aromatic rings. The number of anilines is 1. The Morgan fingerprint density at radius 3 is 2.21 bits per heavy atom. The zero-order valence-corrected chi connectivity index (χ0v) is 21.1. The van der Waals surface area contributed by atoms with Gasteiger partial charge in [-0.3, -0.25) is 0 Å². The minimum Gasteiger partial charge on any atom is -0.365 e.